The molecule has 4 nitrogen and oxygen atoms in total. The molecule has 29 heavy (non-hydrogen) atoms. The van der Waals surface area contributed by atoms with Crippen LogP contribution in [0.1, 0.15) is 30.1 Å². The topological polar surface area (TPSA) is 47.6 Å². The summed E-state index contributed by atoms with van der Waals surface area (Å²) in [6.45, 7) is 2.63. The normalized spacial score (nSPS) is 10.4. The van der Waals surface area contributed by atoms with Crippen molar-refractivity contribution in [2.24, 2.45) is 0 Å². The van der Waals surface area contributed by atoms with Crippen molar-refractivity contribution < 1.29 is 14.3 Å². The van der Waals surface area contributed by atoms with E-state index < -0.39 is 0 Å². The number of halogens is 1. The third kappa shape index (κ3) is 5.30. The van der Waals surface area contributed by atoms with Crippen molar-refractivity contribution in [2.45, 2.75) is 19.8 Å². The van der Waals surface area contributed by atoms with Crippen molar-refractivity contribution in [3.63, 3.8) is 0 Å². The first-order valence-electron chi connectivity index (χ1n) is 9.59. The monoisotopic (exact) mass is 409 g/mol. The van der Waals surface area contributed by atoms with E-state index in [0.717, 1.165) is 24.0 Å². The van der Waals surface area contributed by atoms with Crippen molar-refractivity contribution in [1.29, 1.82) is 0 Å². The van der Waals surface area contributed by atoms with Gasteiger partial charge in [0.2, 0.25) is 0 Å². The Hall–Kier alpha value is -2.98. The lowest BCUT2D eigenvalue weighted by atomic mass is 10.1. The van der Waals surface area contributed by atoms with E-state index in [-0.39, 0.29) is 5.91 Å². The van der Waals surface area contributed by atoms with E-state index in [2.05, 4.69) is 12.2 Å². The molecule has 150 valence electrons. The van der Waals surface area contributed by atoms with E-state index in [4.69, 9.17) is 21.1 Å². The maximum atomic E-state index is 12.7. The molecule has 3 rings (SSSR count). The highest BCUT2D eigenvalue weighted by Crippen LogP contribution is 2.36. The lowest BCUT2D eigenvalue weighted by molar-refractivity contribution is 0.102. The molecule has 0 radical (unpaired) electrons. The summed E-state index contributed by atoms with van der Waals surface area (Å²) in [5.41, 5.74) is 3.32. The van der Waals surface area contributed by atoms with Crippen LogP contribution in [0.5, 0.6) is 11.5 Å². The second kappa shape index (κ2) is 9.99. The predicted molar refractivity (Wildman–Crippen MR) is 118 cm³/mol. The van der Waals surface area contributed by atoms with Gasteiger partial charge < -0.3 is 14.8 Å². The number of anilines is 1. The molecule has 0 saturated heterocycles. The van der Waals surface area contributed by atoms with E-state index in [1.807, 2.05) is 54.6 Å². The van der Waals surface area contributed by atoms with Crippen LogP contribution >= 0.6 is 11.6 Å². The minimum atomic E-state index is -0.266. The SMILES string of the molecule is CCCCOc1c(Cl)cc(C(=O)Nc2ccc(-c3ccccc3)cc2)cc1OC. The van der Waals surface area contributed by atoms with Gasteiger partial charge in [0, 0.05) is 11.3 Å². The van der Waals surface area contributed by atoms with Gasteiger partial charge in [0.15, 0.2) is 11.5 Å². The molecule has 0 bridgehead atoms. The quantitative estimate of drug-likeness (QED) is 0.435. The molecule has 3 aromatic carbocycles. The van der Waals surface area contributed by atoms with Gasteiger partial charge >= 0.3 is 0 Å². The molecule has 0 aliphatic heterocycles. The fourth-order valence-electron chi connectivity index (χ4n) is 2.89. The van der Waals surface area contributed by atoms with Crippen LogP contribution in [0.25, 0.3) is 11.1 Å². The summed E-state index contributed by atoms with van der Waals surface area (Å²) in [7, 11) is 1.53. The Morgan fingerprint density at radius 3 is 2.34 bits per heavy atom. The molecule has 0 spiro atoms. The first-order valence-corrected chi connectivity index (χ1v) is 9.97. The number of hydrogen-bond acceptors (Lipinski definition) is 3. The van der Waals surface area contributed by atoms with Gasteiger partial charge in [-0.3, -0.25) is 4.79 Å². The molecule has 5 heteroatoms. The van der Waals surface area contributed by atoms with Crippen LogP contribution in [0.15, 0.2) is 66.7 Å². The minimum absolute atomic E-state index is 0.266. The van der Waals surface area contributed by atoms with Gasteiger partial charge in [0.25, 0.3) is 5.91 Å². The molecule has 0 aliphatic rings. The molecule has 0 fully saturated rings. The summed E-state index contributed by atoms with van der Waals surface area (Å²) < 4.78 is 11.1. The number of unbranched alkanes of at least 4 members (excludes halogenated alkanes) is 1. The molecule has 0 unspecified atom stereocenters. The van der Waals surface area contributed by atoms with Crippen LogP contribution in [0.3, 0.4) is 0 Å². The van der Waals surface area contributed by atoms with Crippen LogP contribution in [0.4, 0.5) is 5.69 Å². The molecular weight excluding hydrogens is 386 g/mol. The summed E-state index contributed by atoms with van der Waals surface area (Å²) >= 11 is 6.34. The van der Waals surface area contributed by atoms with Crippen molar-refractivity contribution in [1.82, 2.24) is 0 Å². The van der Waals surface area contributed by atoms with Crippen LogP contribution < -0.4 is 14.8 Å². The van der Waals surface area contributed by atoms with Gasteiger partial charge in [-0.2, -0.15) is 0 Å². The Morgan fingerprint density at radius 2 is 1.69 bits per heavy atom. The number of benzene rings is 3. The fourth-order valence-corrected chi connectivity index (χ4v) is 3.15. The Morgan fingerprint density at radius 1 is 1.00 bits per heavy atom. The standard InChI is InChI=1S/C24H24ClNO3/c1-3-4-14-29-23-21(25)15-19(16-22(23)28-2)24(27)26-20-12-10-18(11-13-20)17-8-6-5-7-9-17/h5-13,15-16H,3-4,14H2,1-2H3,(H,26,27). The smallest absolute Gasteiger partial charge is 0.255 e. The Kier molecular flexibility index (Phi) is 7.14. The largest absolute Gasteiger partial charge is 0.493 e. The van der Waals surface area contributed by atoms with Gasteiger partial charge in [-0.05, 0) is 41.8 Å². The van der Waals surface area contributed by atoms with Crippen molar-refractivity contribution in [3.8, 4) is 22.6 Å². The molecule has 0 heterocycles. The van der Waals surface area contributed by atoms with Gasteiger partial charge in [-0.15, -0.1) is 0 Å². The summed E-state index contributed by atoms with van der Waals surface area (Å²) in [5, 5.41) is 3.25. The molecule has 1 N–H and O–H groups in total. The van der Waals surface area contributed by atoms with E-state index >= 15 is 0 Å². The van der Waals surface area contributed by atoms with E-state index in [9.17, 15) is 4.79 Å². The second-order valence-electron chi connectivity index (χ2n) is 6.59. The minimum Gasteiger partial charge on any atom is -0.493 e. The third-order valence-electron chi connectivity index (χ3n) is 4.49. The maximum Gasteiger partial charge on any atom is 0.255 e. The van der Waals surface area contributed by atoms with E-state index in [1.54, 1.807) is 12.1 Å². The Balaban J connectivity index is 1.74. The number of hydrogen-bond donors (Lipinski definition) is 1. The molecule has 0 aromatic heterocycles. The molecule has 1 amide bonds. The molecule has 0 atom stereocenters. The maximum absolute atomic E-state index is 12.7. The van der Waals surface area contributed by atoms with Crippen molar-refractivity contribution >= 4 is 23.2 Å². The first kappa shape index (κ1) is 20.7. The number of carbonyl (C=O) groups is 1. The molecule has 3 aromatic rings. The second-order valence-corrected chi connectivity index (χ2v) is 7.00. The number of rotatable bonds is 8. The average molecular weight is 410 g/mol. The van der Waals surface area contributed by atoms with Crippen molar-refractivity contribution in [3.05, 3.63) is 77.3 Å². The van der Waals surface area contributed by atoms with Gasteiger partial charge in [0.1, 0.15) is 0 Å². The number of methoxy groups -OCH3 is 1. The third-order valence-corrected chi connectivity index (χ3v) is 4.77. The van der Waals surface area contributed by atoms with Crippen LogP contribution in [-0.4, -0.2) is 19.6 Å². The number of amides is 1. The lowest BCUT2D eigenvalue weighted by Gasteiger charge is -2.14. The fraction of sp³-hybridized carbons (Fsp3) is 0.208. The lowest BCUT2D eigenvalue weighted by Crippen LogP contribution is -2.12. The van der Waals surface area contributed by atoms with Gasteiger partial charge in [-0.1, -0.05) is 67.4 Å². The molecule has 0 saturated carbocycles. The van der Waals surface area contributed by atoms with Gasteiger partial charge in [-0.25, -0.2) is 0 Å². The van der Waals surface area contributed by atoms with E-state index in [1.165, 1.54) is 7.11 Å². The Labute approximate surface area is 176 Å². The Bertz CT molecular complexity index is 956. The summed E-state index contributed by atoms with van der Waals surface area (Å²) in [4.78, 5) is 12.7. The number of ether oxygens (including phenoxy) is 2. The summed E-state index contributed by atoms with van der Waals surface area (Å²) in [6, 6.07) is 21.0. The van der Waals surface area contributed by atoms with Crippen LogP contribution in [0.2, 0.25) is 5.02 Å². The summed E-state index contributed by atoms with van der Waals surface area (Å²) in [5.74, 6) is 0.641. The first-order chi connectivity index (χ1) is 14.1. The highest BCUT2D eigenvalue weighted by atomic mass is 35.5. The highest BCUT2D eigenvalue weighted by molar-refractivity contribution is 6.32. The van der Waals surface area contributed by atoms with E-state index in [0.29, 0.717) is 34.4 Å². The zero-order valence-corrected chi connectivity index (χ0v) is 17.3. The zero-order chi connectivity index (χ0) is 20.6. The van der Waals surface area contributed by atoms with Crippen LogP contribution in [0, 0.1) is 0 Å². The highest BCUT2D eigenvalue weighted by Gasteiger charge is 2.16. The molecule has 0 aliphatic carbocycles. The number of carbonyl (C=O) groups excluding carboxylic acids is 1. The summed E-state index contributed by atoms with van der Waals surface area (Å²) in [6.07, 6.45) is 1.93. The number of nitrogens with one attached hydrogen (secondary N) is 1. The van der Waals surface area contributed by atoms with Crippen LogP contribution in [-0.2, 0) is 0 Å². The van der Waals surface area contributed by atoms with Gasteiger partial charge in [0.05, 0.1) is 18.7 Å². The average Bonchev–Trinajstić information content (AvgIpc) is 2.75. The molecular formula is C24H24ClNO3. The zero-order valence-electron chi connectivity index (χ0n) is 16.6. The van der Waals surface area contributed by atoms with Crippen molar-refractivity contribution in [2.75, 3.05) is 19.0 Å². The predicted octanol–water partition coefficient (Wildman–Crippen LogP) is 6.45.